The van der Waals surface area contributed by atoms with E-state index in [1.807, 2.05) is 11.0 Å². The number of halogens is 1. The van der Waals surface area contributed by atoms with Gasteiger partial charge in [0.15, 0.2) is 0 Å². The molecular formula is C21H19ClN2O. The van der Waals surface area contributed by atoms with Gasteiger partial charge in [-0.2, -0.15) is 0 Å². The molecule has 2 aromatic carbocycles. The van der Waals surface area contributed by atoms with Gasteiger partial charge in [0.1, 0.15) is 0 Å². The van der Waals surface area contributed by atoms with Gasteiger partial charge in [-0.05, 0) is 54.8 Å². The Morgan fingerprint density at radius 3 is 2.56 bits per heavy atom. The van der Waals surface area contributed by atoms with E-state index in [-0.39, 0.29) is 5.91 Å². The number of carbonyl (C=O) groups is 1. The van der Waals surface area contributed by atoms with Gasteiger partial charge in [-0.3, -0.25) is 9.78 Å². The van der Waals surface area contributed by atoms with Crippen molar-refractivity contribution in [2.75, 3.05) is 13.1 Å². The van der Waals surface area contributed by atoms with Gasteiger partial charge in [0, 0.05) is 41.2 Å². The predicted molar refractivity (Wildman–Crippen MR) is 101 cm³/mol. The summed E-state index contributed by atoms with van der Waals surface area (Å²) in [7, 11) is 0. The first-order valence-electron chi connectivity index (χ1n) is 8.55. The highest BCUT2D eigenvalue weighted by Crippen LogP contribution is 2.26. The Morgan fingerprint density at radius 2 is 1.76 bits per heavy atom. The van der Waals surface area contributed by atoms with Crippen molar-refractivity contribution in [2.45, 2.75) is 19.8 Å². The number of benzene rings is 2. The first kappa shape index (κ1) is 16.1. The number of aromatic nitrogens is 1. The van der Waals surface area contributed by atoms with Crippen molar-refractivity contribution in [2.24, 2.45) is 0 Å². The van der Waals surface area contributed by atoms with E-state index < -0.39 is 0 Å². The molecule has 0 bridgehead atoms. The van der Waals surface area contributed by atoms with Crippen molar-refractivity contribution in [1.82, 2.24) is 9.88 Å². The molecule has 3 nitrogen and oxygen atoms in total. The highest BCUT2D eigenvalue weighted by atomic mass is 35.5. The molecule has 0 fully saturated rings. The van der Waals surface area contributed by atoms with Gasteiger partial charge in [0.2, 0.25) is 0 Å². The Kier molecular flexibility index (Phi) is 4.18. The van der Waals surface area contributed by atoms with Crippen LogP contribution in [0.2, 0.25) is 5.02 Å². The zero-order valence-electron chi connectivity index (χ0n) is 14.1. The SMILES string of the molecule is Cc1c2c(nc3ccccc13)CCN(C(=O)c1ccc(Cl)cc1)CC2. The van der Waals surface area contributed by atoms with Crippen LogP contribution in [0, 0.1) is 6.92 Å². The molecule has 0 aliphatic carbocycles. The normalized spacial score (nSPS) is 14.2. The van der Waals surface area contributed by atoms with Gasteiger partial charge in [-0.25, -0.2) is 0 Å². The van der Waals surface area contributed by atoms with Crippen LogP contribution < -0.4 is 0 Å². The van der Waals surface area contributed by atoms with E-state index in [1.54, 1.807) is 24.3 Å². The summed E-state index contributed by atoms with van der Waals surface area (Å²) in [5.74, 6) is 0.0617. The summed E-state index contributed by atoms with van der Waals surface area (Å²) in [4.78, 5) is 19.6. The Balaban J connectivity index is 1.63. The first-order valence-corrected chi connectivity index (χ1v) is 8.93. The maximum absolute atomic E-state index is 12.8. The summed E-state index contributed by atoms with van der Waals surface area (Å²) in [5, 5.41) is 1.85. The number of pyridine rings is 1. The molecule has 126 valence electrons. The topological polar surface area (TPSA) is 33.2 Å². The van der Waals surface area contributed by atoms with Crippen LogP contribution in [-0.2, 0) is 12.8 Å². The van der Waals surface area contributed by atoms with Crippen molar-refractivity contribution in [3.05, 3.63) is 75.9 Å². The molecule has 0 radical (unpaired) electrons. The number of fused-ring (bicyclic) bond motifs is 2. The molecule has 3 aromatic rings. The number of para-hydroxylation sites is 1. The third-order valence-electron chi connectivity index (χ3n) is 4.99. The Bertz CT molecular complexity index is 950. The maximum atomic E-state index is 12.8. The zero-order valence-corrected chi connectivity index (χ0v) is 14.9. The third kappa shape index (κ3) is 3.00. The molecule has 0 saturated carbocycles. The van der Waals surface area contributed by atoms with E-state index in [2.05, 4.69) is 25.1 Å². The van der Waals surface area contributed by atoms with Crippen LogP contribution in [0.5, 0.6) is 0 Å². The molecule has 0 unspecified atom stereocenters. The minimum atomic E-state index is 0.0617. The minimum Gasteiger partial charge on any atom is -0.338 e. The van der Waals surface area contributed by atoms with Crippen molar-refractivity contribution in [1.29, 1.82) is 0 Å². The summed E-state index contributed by atoms with van der Waals surface area (Å²) >= 11 is 5.92. The fraction of sp³-hybridized carbons (Fsp3) is 0.238. The fourth-order valence-electron chi connectivity index (χ4n) is 3.60. The summed E-state index contributed by atoms with van der Waals surface area (Å²) in [6.45, 7) is 3.58. The summed E-state index contributed by atoms with van der Waals surface area (Å²) < 4.78 is 0. The van der Waals surface area contributed by atoms with Gasteiger partial charge < -0.3 is 4.90 Å². The highest BCUT2D eigenvalue weighted by molar-refractivity contribution is 6.30. The van der Waals surface area contributed by atoms with Crippen molar-refractivity contribution < 1.29 is 4.79 Å². The molecule has 25 heavy (non-hydrogen) atoms. The molecule has 1 aliphatic heterocycles. The lowest BCUT2D eigenvalue weighted by atomic mass is 9.99. The molecule has 1 aliphatic rings. The van der Waals surface area contributed by atoms with Crippen LogP contribution in [0.3, 0.4) is 0 Å². The molecule has 0 spiro atoms. The van der Waals surface area contributed by atoms with Gasteiger partial charge in [-0.15, -0.1) is 0 Å². The average Bonchev–Trinajstić information content (AvgIpc) is 2.85. The van der Waals surface area contributed by atoms with Gasteiger partial charge in [0.05, 0.1) is 5.52 Å². The van der Waals surface area contributed by atoms with E-state index in [0.717, 1.165) is 30.6 Å². The van der Waals surface area contributed by atoms with E-state index in [1.165, 1.54) is 16.5 Å². The number of nitrogens with zero attached hydrogens (tertiary/aromatic N) is 2. The molecule has 0 atom stereocenters. The second-order valence-corrected chi connectivity index (χ2v) is 6.91. The second-order valence-electron chi connectivity index (χ2n) is 6.48. The van der Waals surface area contributed by atoms with E-state index in [4.69, 9.17) is 16.6 Å². The number of rotatable bonds is 1. The minimum absolute atomic E-state index is 0.0617. The molecule has 1 amide bonds. The average molecular weight is 351 g/mol. The Hall–Kier alpha value is -2.39. The number of amides is 1. The second kappa shape index (κ2) is 6.49. The molecule has 0 N–H and O–H groups in total. The standard InChI is InChI=1S/C21H19ClN2O/c1-14-17-4-2-3-5-19(17)23-20-11-13-24(12-10-18(14)20)21(25)15-6-8-16(22)9-7-15/h2-9H,10-13H2,1H3. The Morgan fingerprint density at radius 1 is 1.04 bits per heavy atom. The monoisotopic (exact) mass is 350 g/mol. The zero-order chi connectivity index (χ0) is 17.4. The molecule has 4 heteroatoms. The lowest BCUT2D eigenvalue weighted by Gasteiger charge is -2.20. The third-order valence-corrected chi connectivity index (χ3v) is 5.25. The molecule has 0 saturated heterocycles. The van der Waals surface area contributed by atoms with Gasteiger partial charge in [-0.1, -0.05) is 29.8 Å². The lowest BCUT2D eigenvalue weighted by molar-refractivity contribution is 0.0763. The van der Waals surface area contributed by atoms with Crippen LogP contribution in [-0.4, -0.2) is 28.9 Å². The summed E-state index contributed by atoms with van der Waals surface area (Å²) in [6.07, 6.45) is 1.64. The largest absolute Gasteiger partial charge is 0.338 e. The summed E-state index contributed by atoms with van der Waals surface area (Å²) in [5.41, 5.74) is 5.44. The first-order chi connectivity index (χ1) is 12.1. The molecule has 1 aromatic heterocycles. The lowest BCUT2D eigenvalue weighted by Crippen LogP contribution is -2.33. The number of carbonyl (C=O) groups excluding carboxylic acids is 1. The van der Waals surface area contributed by atoms with Crippen LogP contribution in [0.1, 0.15) is 27.2 Å². The van der Waals surface area contributed by atoms with Gasteiger partial charge >= 0.3 is 0 Å². The van der Waals surface area contributed by atoms with Crippen molar-refractivity contribution in [3.63, 3.8) is 0 Å². The number of hydrogen-bond acceptors (Lipinski definition) is 2. The quantitative estimate of drug-likeness (QED) is 0.650. The summed E-state index contributed by atoms with van der Waals surface area (Å²) in [6, 6.07) is 15.4. The smallest absolute Gasteiger partial charge is 0.253 e. The maximum Gasteiger partial charge on any atom is 0.253 e. The molecular weight excluding hydrogens is 332 g/mol. The van der Waals surface area contributed by atoms with E-state index in [0.29, 0.717) is 17.1 Å². The van der Waals surface area contributed by atoms with Gasteiger partial charge in [0.25, 0.3) is 5.91 Å². The highest BCUT2D eigenvalue weighted by Gasteiger charge is 2.22. The van der Waals surface area contributed by atoms with Crippen molar-refractivity contribution in [3.8, 4) is 0 Å². The number of aryl methyl sites for hydroxylation is 1. The van der Waals surface area contributed by atoms with Crippen LogP contribution in [0.4, 0.5) is 0 Å². The van der Waals surface area contributed by atoms with Crippen LogP contribution in [0.25, 0.3) is 10.9 Å². The van der Waals surface area contributed by atoms with Crippen LogP contribution in [0.15, 0.2) is 48.5 Å². The van der Waals surface area contributed by atoms with E-state index in [9.17, 15) is 4.79 Å². The molecule has 4 rings (SSSR count). The predicted octanol–water partition coefficient (Wildman–Crippen LogP) is 4.44. The van der Waals surface area contributed by atoms with Crippen LogP contribution >= 0.6 is 11.6 Å². The Labute approximate surface area is 152 Å². The molecule has 2 heterocycles. The fourth-order valence-corrected chi connectivity index (χ4v) is 3.72. The number of hydrogen-bond donors (Lipinski definition) is 0. The van der Waals surface area contributed by atoms with Crippen molar-refractivity contribution >= 4 is 28.4 Å². The van der Waals surface area contributed by atoms with E-state index >= 15 is 0 Å².